The molecule has 0 aliphatic heterocycles. The molecule has 0 amide bonds. The minimum atomic E-state index is 1.08. The van der Waals surface area contributed by atoms with E-state index in [9.17, 15) is 0 Å². The van der Waals surface area contributed by atoms with E-state index in [-0.39, 0.29) is 0 Å². The summed E-state index contributed by atoms with van der Waals surface area (Å²) in [7, 11) is 0. The van der Waals surface area contributed by atoms with Crippen molar-refractivity contribution in [1.82, 2.24) is 0 Å². The minimum Gasteiger partial charge on any atom is -0.0795 e. The van der Waals surface area contributed by atoms with Crippen molar-refractivity contribution in [3.05, 3.63) is 345 Å². The van der Waals surface area contributed by atoms with E-state index in [1.54, 1.807) is 0 Å². The van der Waals surface area contributed by atoms with Crippen molar-refractivity contribution in [1.29, 1.82) is 0 Å². The van der Waals surface area contributed by atoms with Crippen LogP contribution in [0.1, 0.15) is 77.9 Å². The third-order valence-electron chi connectivity index (χ3n) is 18.7. The van der Waals surface area contributed by atoms with Crippen molar-refractivity contribution in [3.8, 4) is 0 Å². The van der Waals surface area contributed by atoms with Gasteiger partial charge in [0.1, 0.15) is 0 Å². The Hall–Kier alpha value is -10.4. The summed E-state index contributed by atoms with van der Waals surface area (Å²) in [6.45, 7) is 21.7. The Bertz CT molecular complexity index is 5420. The molecule has 0 unspecified atom stereocenters. The molecule has 0 saturated carbocycles. The first-order chi connectivity index (χ1) is 44.7. The van der Waals surface area contributed by atoms with Crippen LogP contribution in [0.15, 0.2) is 267 Å². The van der Waals surface area contributed by atoms with E-state index < -0.39 is 0 Å². The highest BCUT2D eigenvalue weighted by Crippen LogP contribution is 2.35. The number of allylic oxidation sites excluding steroid dienone is 2. The van der Waals surface area contributed by atoms with Crippen molar-refractivity contribution >= 4 is 120 Å². The Morgan fingerprint density at radius 1 is 0.217 bits per heavy atom. The van der Waals surface area contributed by atoms with Gasteiger partial charge in [0, 0.05) is 0 Å². The summed E-state index contributed by atoms with van der Waals surface area (Å²) in [5, 5.41) is 27.1. The Balaban J connectivity index is 0.000000101. The third kappa shape index (κ3) is 12.7. The zero-order chi connectivity index (χ0) is 63.6. The Labute approximate surface area is 543 Å². The molecule has 0 bridgehead atoms. The monoisotopic (exact) mass is 1180 g/mol. The summed E-state index contributed by atoms with van der Waals surface area (Å²) in [5.74, 6) is 0. The lowest BCUT2D eigenvalue weighted by molar-refractivity contribution is 1.23. The van der Waals surface area contributed by atoms with Crippen LogP contribution in [-0.2, 0) is 12.8 Å². The van der Waals surface area contributed by atoms with Gasteiger partial charge in [0.05, 0.1) is 0 Å². The van der Waals surface area contributed by atoms with Crippen LogP contribution in [0.25, 0.3) is 120 Å². The van der Waals surface area contributed by atoms with E-state index >= 15 is 0 Å². The van der Waals surface area contributed by atoms with Crippen LogP contribution in [-0.4, -0.2) is 0 Å². The average Bonchev–Trinajstić information content (AvgIpc) is 1.60. The minimum absolute atomic E-state index is 1.08. The fourth-order valence-electron chi connectivity index (χ4n) is 14.1. The van der Waals surface area contributed by atoms with Gasteiger partial charge in [-0.25, -0.2) is 0 Å². The van der Waals surface area contributed by atoms with Gasteiger partial charge < -0.3 is 0 Å². The lowest BCUT2D eigenvalue weighted by Crippen LogP contribution is -1.97. The van der Waals surface area contributed by atoms with Gasteiger partial charge in [-0.15, -0.1) is 0 Å². The summed E-state index contributed by atoms with van der Waals surface area (Å²) in [4.78, 5) is 0. The maximum Gasteiger partial charge on any atom is -0.00710 e. The summed E-state index contributed by atoms with van der Waals surface area (Å²) in [5.41, 5.74) is 19.3. The van der Waals surface area contributed by atoms with E-state index in [1.165, 1.54) is 186 Å². The molecular formula is C92H80. The molecule has 0 heteroatoms. The van der Waals surface area contributed by atoms with Crippen molar-refractivity contribution in [3.63, 3.8) is 0 Å². The van der Waals surface area contributed by atoms with Crippen molar-refractivity contribution in [2.45, 2.75) is 82.1 Å². The zero-order valence-corrected chi connectivity index (χ0v) is 55.0. The molecule has 0 atom stereocenters. The molecule has 92 heavy (non-hydrogen) atoms. The molecule has 0 spiro atoms. The van der Waals surface area contributed by atoms with Crippen LogP contribution in [0.4, 0.5) is 0 Å². The maximum atomic E-state index is 2.31. The molecule has 16 aromatic carbocycles. The van der Waals surface area contributed by atoms with Crippen molar-refractivity contribution < 1.29 is 0 Å². The average molecular weight is 1190 g/mol. The predicted octanol–water partition coefficient (Wildman–Crippen LogP) is 25.9. The molecular weight excluding hydrogens is 1110 g/mol. The summed E-state index contributed by atoms with van der Waals surface area (Å²) in [6.07, 6.45) is 11.2. The van der Waals surface area contributed by atoms with Crippen LogP contribution in [0, 0.1) is 69.2 Å². The molecule has 18 rings (SSSR count). The fourth-order valence-corrected chi connectivity index (χ4v) is 14.1. The van der Waals surface area contributed by atoms with Crippen LogP contribution in [0.3, 0.4) is 0 Å². The second-order valence-electron chi connectivity index (χ2n) is 25.8. The van der Waals surface area contributed by atoms with E-state index in [4.69, 9.17) is 0 Å². The van der Waals surface area contributed by atoms with E-state index in [2.05, 4.69) is 348 Å². The second-order valence-corrected chi connectivity index (χ2v) is 25.8. The molecule has 2 aliphatic rings. The van der Waals surface area contributed by atoms with Gasteiger partial charge in [0.25, 0.3) is 0 Å². The predicted molar refractivity (Wildman–Crippen MR) is 407 cm³/mol. The van der Waals surface area contributed by atoms with Gasteiger partial charge in [0.15, 0.2) is 0 Å². The molecule has 2 aliphatic carbocycles. The summed E-state index contributed by atoms with van der Waals surface area (Å²) >= 11 is 0. The number of aryl methyl sites for hydroxylation is 10. The first-order valence-corrected chi connectivity index (χ1v) is 32.6. The van der Waals surface area contributed by atoms with Crippen LogP contribution < -0.4 is 0 Å². The highest BCUT2D eigenvalue weighted by atomic mass is 14.2. The Morgan fingerprint density at radius 2 is 0.641 bits per heavy atom. The standard InChI is InChI=1S/2C16H14.2C15H14.2C15H12/c2*1-11-7-8-15-13(9-11)10-12(2)14-5-3-4-6-16(14)15;1-10-6-12-4-3-5-13-7-11(2)9-14(8-10)15(12)13;1-10-6-8-12-9-7-11(2)14-5-3-4-13(10)15(12)14;1-11-6-7-14-9-12-4-2-3-5-13(12)10-15(14)8-11;1-11-6-7-13-9-8-12-4-2-3-5-14(12)15(13)10-11/h2*3-10H,1-2H3;2*3-4,6-9H,5H2,1-2H3;2*2-10H,1H3. The van der Waals surface area contributed by atoms with E-state index in [1.807, 2.05) is 0 Å². The van der Waals surface area contributed by atoms with Crippen LogP contribution in [0.2, 0.25) is 0 Å². The maximum absolute atomic E-state index is 2.31. The van der Waals surface area contributed by atoms with Gasteiger partial charge in [-0.05, 0) is 252 Å². The molecule has 16 aromatic rings. The van der Waals surface area contributed by atoms with Crippen molar-refractivity contribution in [2.75, 3.05) is 0 Å². The summed E-state index contributed by atoms with van der Waals surface area (Å²) < 4.78 is 0. The van der Waals surface area contributed by atoms with Crippen molar-refractivity contribution in [2.24, 2.45) is 0 Å². The number of hydrogen-bond donors (Lipinski definition) is 0. The van der Waals surface area contributed by atoms with Gasteiger partial charge >= 0.3 is 0 Å². The number of rotatable bonds is 0. The highest BCUT2D eigenvalue weighted by molar-refractivity contribution is 6.11. The topological polar surface area (TPSA) is 0 Å². The number of benzene rings is 16. The second kappa shape index (κ2) is 26.2. The fraction of sp³-hybridized carbons (Fsp3) is 0.130. The van der Waals surface area contributed by atoms with E-state index in [0.29, 0.717) is 0 Å². The molecule has 448 valence electrons. The molecule has 0 saturated heterocycles. The number of hydrogen-bond acceptors (Lipinski definition) is 0. The Morgan fingerprint density at radius 3 is 1.26 bits per heavy atom. The molecule has 0 aromatic heterocycles. The highest BCUT2D eigenvalue weighted by Gasteiger charge is 2.13. The Kier molecular flexibility index (Phi) is 17.2. The van der Waals surface area contributed by atoms with Crippen LogP contribution >= 0.6 is 0 Å². The van der Waals surface area contributed by atoms with Crippen LogP contribution in [0.5, 0.6) is 0 Å². The molecule has 0 radical (unpaired) electrons. The first kappa shape index (κ1) is 60.5. The summed E-state index contributed by atoms with van der Waals surface area (Å²) in [6, 6.07) is 92.4. The van der Waals surface area contributed by atoms with Gasteiger partial charge in [0.2, 0.25) is 0 Å². The van der Waals surface area contributed by atoms with E-state index in [0.717, 1.165) is 12.8 Å². The third-order valence-corrected chi connectivity index (χ3v) is 18.7. The lowest BCUT2D eigenvalue weighted by atomic mass is 9.88. The molecule has 0 nitrogen and oxygen atoms in total. The number of fused-ring (bicyclic) bond motifs is 11. The van der Waals surface area contributed by atoms with Gasteiger partial charge in [-0.2, -0.15) is 0 Å². The van der Waals surface area contributed by atoms with Gasteiger partial charge in [-0.1, -0.05) is 295 Å². The smallest absolute Gasteiger partial charge is 0.00710 e. The molecule has 0 heterocycles. The quantitative estimate of drug-likeness (QED) is 0.105. The lowest BCUT2D eigenvalue weighted by Gasteiger charge is -2.16. The SMILES string of the molecule is Cc1cc2c3c(cc(C)cc3c1)CC=C2.Cc1ccc2c(c1)cc(C)c1ccccc12.Cc1ccc2c(c1)cc(C)c1ccccc12.Cc1ccc2cc3ccccc3cc2c1.Cc1ccc2ccc(C)c3c2c1C=CC3.Cc1ccc2ccc3ccccc3c2c1. The first-order valence-electron chi connectivity index (χ1n) is 32.6. The molecule has 0 fully saturated rings. The zero-order valence-electron chi connectivity index (χ0n) is 55.0. The molecule has 0 N–H and O–H groups in total. The largest absolute Gasteiger partial charge is 0.0795 e. The van der Waals surface area contributed by atoms with Gasteiger partial charge in [-0.3, -0.25) is 0 Å². The normalized spacial score (nSPS) is 11.8.